The van der Waals surface area contributed by atoms with Crippen LogP contribution >= 0.6 is 0 Å². The summed E-state index contributed by atoms with van der Waals surface area (Å²) in [6.07, 6.45) is -0.350. The highest BCUT2D eigenvalue weighted by molar-refractivity contribution is 5.77. The first-order valence-corrected chi connectivity index (χ1v) is 6.74. The highest BCUT2D eigenvalue weighted by atomic mass is 16.5. The number of carbonyl (C=O) groups excluding carboxylic acids is 1. The van der Waals surface area contributed by atoms with Crippen molar-refractivity contribution in [3.05, 3.63) is 29.8 Å². The Morgan fingerprint density at radius 3 is 2.50 bits per heavy atom. The van der Waals surface area contributed by atoms with Crippen LogP contribution in [0.5, 0.6) is 5.75 Å². The van der Waals surface area contributed by atoms with E-state index in [2.05, 4.69) is 5.32 Å². The number of rotatable bonds is 8. The van der Waals surface area contributed by atoms with Crippen molar-refractivity contribution in [1.29, 1.82) is 0 Å². The van der Waals surface area contributed by atoms with Crippen LogP contribution in [-0.4, -0.2) is 43.5 Å². The van der Waals surface area contributed by atoms with Crippen molar-refractivity contribution in [3.63, 3.8) is 0 Å². The van der Waals surface area contributed by atoms with E-state index < -0.39 is 12.1 Å². The van der Waals surface area contributed by atoms with Crippen LogP contribution in [0.4, 0.5) is 0 Å². The molecule has 5 nitrogen and oxygen atoms in total. The smallest absolute Gasteiger partial charge is 0.341 e. The SMILES string of the molecule is COCCc1ccc(OC(=O)C(O)CNC(C)C)cc1. The molecule has 1 aromatic rings. The fourth-order valence-corrected chi connectivity index (χ4v) is 1.56. The van der Waals surface area contributed by atoms with Crippen LogP contribution in [0, 0.1) is 0 Å². The molecule has 1 aromatic carbocycles. The average molecular weight is 281 g/mol. The number of hydrogen-bond acceptors (Lipinski definition) is 5. The second kappa shape index (κ2) is 8.68. The number of methoxy groups -OCH3 is 1. The lowest BCUT2D eigenvalue weighted by atomic mass is 10.1. The Morgan fingerprint density at radius 2 is 1.95 bits per heavy atom. The van der Waals surface area contributed by atoms with E-state index in [1.54, 1.807) is 19.2 Å². The number of esters is 1. The Bertz CT molecular complexity index is 403. The van der Waals surface area contributed by atoms with Gasteiger partial charge in [-0.2, -0.15) is 0 Å². The van der Waals surface area contributed by atoms with E-state index in [-0.39, 0.29) is 12.6 Å². The summed E-state index contributed by atoms with van der Waals surface area (Å²) < 4.78 is 10.1. The molecule has 1 unspecified atom stereocenters. The number of carbonyl (C=O) groups is 1. The van der Waals surface area contributed by atoms with E-state index in [1.807, 2.05) is 26.0 Å². The van der Waals surface area contributed by atoms with Crippen LogP contribution in [0.2, 0.25) is 0 Å². The molecule has 0 saturated heterocycles. The molecule has 0 aliphatic heterocycles. The Balaban J connectivity index is 2.45. The highest BCUT2D eigenvalue weighted by Crippen LogP contribution is 2.13. The van der Waals surface area contributed by atoms with Crippen molar-refractivity contribution in [2.75, 3.05) is 20.3 Å². The normalized spacial score (nSPS) is 12.4. The van der Waals surface area contributed by atoms with Gasteiger partial charge < -0.3 is 19.9 Å². The third-order valence-electron chi connectivity index (χ3n) is 2.73. The Kier molecular flexibility index (Phi) is 7.22. The molecule has 0 aliphatic carbocycles. The molecule has 0 saturated carbocycles. The fourth-order valence-electron chi connectivity index (χ4n) is 1.56. The maximum Gasteiger partial charge on any atom is 0.341 e. The molecule has 0 bridgehead atoms. The van der Waals surface area contributed by atoms with E-state index in [9.17, 15) is 9.90 Å². The average Bonchev–Trinajstić information content (AvgIpc) is 2.43. The molecule has 0 amide bonds. The van der Waals surface area contributed by atoms with Gasteiger partial charge in [0.2, 0.25) is 0 Å². The van der Waals surface area contributed by atoms with Crippen LogP contribution in [0.3, 0.4) is 0 Å². The first-order chi connectivity index (χ1) is 9.52. The van der Waals surface area contributed by atoms with Crippen LogP contribution in [0.25, 0.3) is 0 Å². The summed E-state index contributed by atoms with van der Waals surface area (Å²) in [4.78, 5) is 11.6. The predicted octanol–water partition coefficient (Wildman–Crippen LogP) is 1.14. The number of aliphatic hydroxyl groups excluding tert-OH is 1. The molecule has 20 heavy (non-hydrogen) atoms. The maximum absolute atomic E-state index is 11.6. The minimum Gasteiger partial charge on any atom is -0.425 e. The zero-order valence-corrected chi connectivity index (χ0v) is 12.3. The molecule has 0 fully saturated rings. The molecule has 1 atom stereocenters. The molecule has 0 aromatic heterocycles. The number of aliphatic hydroxyl groups is 1. The number of ether oxygens (including phenoxy) is 2. The van der Waals surface area contributed by atoms with Crippen molar-refractivity contribution in [2.45, 2.75) is 32.4 Å². The van der Waals surface area contributed by atoms with Gasteiger partial charge in [0.1, 0.15) is 5.75 Å². The van der Waals surface area contributed by atoms with Gasteiger partial charge in [-0.05, 0) is 24.1 Å². The quantitative estimate of drug-likeness (QED) is 0.552. The molecule has 0 spiro atoms. The maximum atomic E-state index is 11.6. The summed E-state index contributed by atoms with van der Waals surface area (Å²) in [6.45, 7) is 4.72. The molecule has 0 radical (unpaired) electrons. The summed E-state index contributed by atoms with van der Waals surface area (Å²) in [5.74, 6) is -0.220. The summed E-state index contributed by atoms with van der Waals surface area (Å²) >= 11 is 0. The molecule has 5 heteroatoms. The first-order valence-electron chi connectivity index (χ1n) is 6.74. The van der Waals surface area contributed by atoms with E-state index in [4.69, 9.17) is 9.47 Å². The zero-order valence-electron chi connectivity index (χ0n) is 12.3. The number of nitrogens with one attached hydrogen (secondary N) is 1. The van der Waals surface area contributed by atoms with Crippen molar-refractivity contribution in [1.82, 2.24) is 5.32 Å². The largest absolute Gasteiger partial charge is 0.425 e. The van der Waals surface area contributed by atoms with Gasteiger partial charge in [0.25, 0.3) is 0 Å². The molecular formula is C15H23NO4. The van der Waals surface area contributed by atoms with Gasteiger partial charge in [0, 0.05) is 19.7 Å². The van der Waals surface area contributed by atoms with Crippen molar-refractivity contribution >= 4 is 5.97 Å². The minimum atomic E-state index is -1.16. The molecule has 1 rings (SSSR count). The second-order valence-corrected chi connectivity index (χ2v) is 4.89. The van der Waals surface area contributed by atoms with E-state index in [0.717, 1.165) is 12.0 Å². The second-order valence-electron chi connectivity index (χ2n) is 4.89. The van der Waals surface area contributed by atoms with Gasteiger partial charge in [-0.15, -0.1) is 0 Å². The number of benzene rings is 1. The predicted molar refractivity (Wildman–Crippen MR) is 76.8 cm³/mol. The topological polar surface area (TPSA) is 67.8 Å². The Morgan fingerprint density at radius 1 is 1.30 bits per heavy atom. The van der Waals surface area contributed by atoms with Crippen LogP contribution in [0.1, 0.15) is 19.4 Å². The summed E-state index contributed by atoms with van der Waals surface area (Å²) in [5.41, 5.74) is 1.11. The molecule has 0 aliphatic rings. The minimum absolute atomic E-state index is 0.183. The van der Waals surface area contributed by atoms with Gasteiger partial charge >= 0.3 is 5.97 Å². The Labute approximate surface area is 119 Å². The molecule has 112 valence electrons. The first kappa shape index (κ1) is 16.6. The number of hydrogen-bond donors (Lipinski definition) is 2. The molecular weight excluding hydrogens is 258 g/mol. The lowest BCUT2D eigenvalue weighted by molar-refractivity contribution is -0.143. The molecule has 0 heterocycles. The summed E-state index contributed by atoms with van der Waals surface area (Å²) in [5, 5.41) is 12.6. The van der Waals surface area contributed by atoms with E-state index in [1.165, 1.54) is 0 Å². The Hall–Kier alpha value is -1.43. The van der Waals surface area contributed by atoms with E-state index >= 15 is 0 Å². The summed E-state index contributed by atoms with van der Waals surface area (Å²) in [7, 11) is 1.66. The lowest BCUT2D eigenvalue weighted by Gasteiger charge is -2.13. The van der Waals surface area contributed by atoms with E-state index in [0.29, 0.717) is 12.4 Å². The van der Waals surface area contributed by atoms with Gasteiger partial charge in [0.15, 0.2) is 6.10 Å². The standard InChI is InChI=1S/C15H23NO4/c1-11(2)16-10-14(17)15(18)20-13-6-4-12(5-7-13)8-9-19-3/h4-7,11,14,16-17H,8-10H2,1-3H3. The van der Waals surface area contributed by atoms with Crippen LogP contribution < -0.4 is 10.1 Å². The zero-order chi connectivity index (χ0) is 15.0. The van der Waals surface area contributed by atoms with Crippen molar-refractivity contribution in [3.8, 4) is 5.75 Å². The lowest BCUT2D eigenvalue weighted by Crippen LogP contribution is -2.38. The van der Waals surface area contributed by atoms with Gasteiger partial charge in [-0.25, -0.2) is 4.79 Å². The monoisotopic (exact) mass is 281 g/mol. The fraction of sp³-hybridized carbons (Fsp3) is 0.533. The highest BCUT2D eigenvalue weighted by Gasteiger charge is 2.17. The third kappa shape index (κ3) is 6.14. The molecule has 2 N–H and O–H groups in total. The van der Waals surface area contributed by atoms with Crippen molar-refractivity contribution in [2.24, 2.45) is 0 Å². The third-order valence-corrected chi connectivity index (χ3v) is 2.73. The van der Waals surface area contributed by atoms with Gasteiger partial charge in [0.05, 0.1) is 6.61 Å². The van der Waals surface area contributed by atoms with Crippen molar-refractivity contribution < 1.29 is 19.4 Å². The van der Waals surface area contributed by atoms with Gasteiger partial charge in [-0.1, -0.05) is 26.0 Å². The summed E-state index contributed by atoms with van der Waals surface area (Å²) in [6, 6.07) is 7.38. The van der Waals surface area contributed by atoms with Crippen LogP contribution in [0.15, 0.2) is 24.3 Å². The van der Waals surface area contributed by atoms with Crippen LogP contribution in [-0.2, 0) is 16.0 Å². The van der Waals surface area contributed by atoms with Gasteiger partial charge in [-0.3, -0.25) is 0 Å².